The first-order valence-corrected chi connectivity index (χ1v) is 8.38. The van der Waals surface area contributed by atoms with Crippen molar-refractivity contribution in [2.24, 2.45) is 4.99 Å². The zero-order chi connectivity index (χ0) is 14.5. The van der Waals surface area contributed by atoms with Crippen molar-refractivity contribution in [2.75, 3.05) is 13.1 Å². The van der Waals surface area contributed by atoms with Gasteiger partial charge < -0.3 is 5.32 Å². The molecule has 1 heterocycles. The zero-order valence-corrected chi connectivity index (χ0v) is 14.3. The minimum Gasteiger partial charge on any atom is -0.370 e. The van der Waals surface area contributed by atoms with Crippen molar-refractivity contribution in [1.29, 1.82) is 0 Å². The van der Waals surface area contributed by atoms with Crippen LogP contribution in [0.1, 0.15) is 23.1 Å². The van der Waals surface area contributed by atoms with Crippen LogP contribution in [0, 0.1) is 6.92 Å². The molecule has 0 spiro atoms. The number of rotatable bonds is 4. The predicted octanol–water partition coefficient (Wildman–Crippen LogP) is 4.45. The van der Waals surface area contributed by atoms with Gasteiger partial charge in [0, 0.05) is 29.3 Å². The molecule has 3 rings (SSSR count). The van der Waals surface area contributed by atoms with Gasteiger partial charge in [0.25, 0.3) is 0 Å². The molecule has 0 saturated heterocycles. The molecule has 1 aliphatic rings. The molecular weight excluding hydrogens is 312 g/mol. The van der Waals surface area contributed by atoms with Gasteiger partial charge >= 0.3 is 0 Å². The molecule has 22 heavy (non-hydrogen) atoms. The number of thioether (sulfide) groups is 1. The van der Waals surface area contributed by atoms with Crippen LogP contribution in [0.3, 0.4) is 0 Å². The summed E-state index contributed by atoms with van der Waals surface area (Å²) in [6, 6.07) is 17.1. The fourth-order valence-corrected chi connectivity index (χ4v) is 3.50. The summed E-state index contributed by atoms with van der Waals surface area (Å²) in [4.78, 5) is 5.98. The van der Waals surface area contributed by atoms with Gasteiger partial charge in [-0.05, 0) is 30.5 Å². The second kappa shape index (κ2) is 8.25. The molecule has 0 amide bonds. The van der Waals surface area contributed by atoms with Gasteiger partial charge in [0.15, 0.2) is 0 Å². The van der Waals surface area contributed by atoms with Crippen molar-refractivity contribution in [3.63, 3.8) is 0 Å². The van der Waals surface area contributed by atoms with Crippen LogP contribution in [0.25, 0.3) is 0 Å². The molecule has 0 unspecified atom stereocenters. The Morgan fingerprint density at radius 3 is 2.64 bits per heavy atom. The Balaban J connectivity index is 0.00000176. The summed E-state index contributed by atoms with van der Waals surface area (Å²) in [5.74, 6) is 2.03. The summed E-state index contributed by atoms with van der Waals surface area (Å²) in [6.07, 6.45) is 1.13. The number of aliphatic imine (C=N–C) groups is 1. The van der Waals surface area contributed by atoms with Crippen molar-refractivity contribution in [1.82, 2.24) is 5.32 Å². The Kier molecular flexibility index (Phi) is 6.34. The highest BCUT2D eigenvalue weighted by Gasteiger charge is 2.11. The third-order valence-corrected chi connectivity index (χ3v) is 4.87. The van der Waals surface area contributed by atoms with Crippen LogP contribution in [0.4, 0.5) is 0 Å². The van der Waals surface area contributed by atoms with E-state index < -0.39 is 0 Å². The van der Waals surface area contributed by atoms with Crippen molar-refractivity contribution >= 4 is 30.0 Å². The maximum Gasteiger partial charge on any atom is 0.128 e. The summed E-state index contributed by atoms with van der Waals surface area (Å²) in [7, 11) is 0. The Labute approximate surface area is 142 Å². The fourth-order valence-electron chi connectivity index (χ4n) is 2.46. The third kappa shape index (κ3) is 4.05. The maximum atomic E-state index is 4.63. The van der Waals surface area contributed by atoms with Gasteiger partial charge in [-0.2, -0.15) is 0 Å². The average molecular weight is 333 g/mol. The van der Waals surface area contributed by atoms with Gasteiger partial charge in [-0.1, -0.05) is 42.5 Å². The number of nitrogens with one attached hydrogen (secondary N) is 1. The number of hydrogen-bond acceptors (Lipinski definition) is 3. The maximum absolute atomic E-state index is 4.63. The molecule has 0 aromatic heterocycles. The van der Waals surface area contributed by atoms with E-state index in [2.05, 4.69) is 65.8 Å². The molecular formula is C18H21ClN2S. The summed E-state index contributed by atoms with van der Waals surface area (Å²) in [6.45, 7) is 4.13. The number of aryl methyl sites for hydroxylation is 1. The number of halogens is 1. The fraction of sp³-hybridized carbons (Fsp3) is 0.278. The van der Waals surface area contributed by atoms with Gasteiger partial charge in [0.1, 0.15) is 5.84 Å². The molecule has 0 bridgehead atoms. The second-order valence-corrected chi connectivity index (χ2v) is 6.24. The summed E-state index contributed by atoms with van der Waals surface area (Å²) in [5.41, 5.74) is 3.94. The minimum atomic E-state index is 0. The van der Waals surface area contributed by atoms with Crippen LogP contribution >= 0.6 is 24.2 Å². The van der Waals surface area contributed by atoms with E-state index in [9.17, 15) is 0 Å². The first-order chi connectivity index (χ1) is 10.3. The smallest absolute Gasteiger partial charge is 0.128 e. The van der Waals surface area contributed by atoms with E-state index in [4.69, 9.17) is 0 Å². The van der Waals surface area contributed by atoms with Gasteiger partial charge in [0.2, 0.25) is 0 Å². The highest BCUT2D eigenvalue weighted by Crippen LogP contribution is 2.27. The minimum absolute atomic E-state index is 0. The molecule has 1 aliphatic heterocycles. The van der Waals surface area contributed by atoms with E-state index in [1.807, 2.05) is 11.8 Å². The van der Waals surface area contributed by atoms with Crippen molar-refractivity contribution < 1.29 is 0 Å². The van der Waals surface area contributed by atoms with Gasteiger partial charge in [-0.25, -0.2) is 0 Å². The monoisotopic (exact) mass is 332 g/mol. The average Bonchev–Trinajstić information content (AvgIpc) is 2.55. The third-order valence-electron chi connectivity index (χ3n) is 3.65. The molecule has 2 aromatic carbocycles. The summed E-state index contributed by atoms with van der Waals surface area (Å²) < 4.78 is 0. The van der Waals surface area contributed by atoms with Crippen LogP contribution in [0.15, 0.2) is 58.4 Å². The molecule has 116 valence electrons. The normalized spacial score (nSPS) is 13.8. The second-order valence-electron chi connectivity index (χ2n) is 5.22. The molecule has 0 atom stereocenters. The molecule has 0 aliphatic carbocycles. The number of benzene rings is 2. The molecule has 2 aromatic rings. The highest BCUT2D eigenvalue weighted by atomic mass is 35.5. The molecule has 2 nitrogen and oxygen atoms in total. The summed E-state index contributed by atoms with van der Waals surface area (Å²) in [5, 5.41) is 3.43. The van der Waals surface area contributed by atoms with Crippen LogP contribution in [0.2, 0.25) is 0 Å². The van der Waals surface area contributed by atoms with Crippen molar-refractivity contribution in [3.8, 4) is 0 Å². The quantitative estimate of drug-likeness (QED) is 0.836. The van der Waals surface area contributed by atoms with Gasteiger partial charge in [-0.3, -0.25) is 4.99 Å². The summed E-state index contributed by atoms with van der Waals surface area (Å²) >= 11 is 1.90. The lowest BCUT2D eigenvalue weighted by atomic mass is 10.1. The van der Waals surface area contributed by atoms with E-state index in [0.29, 0.717) is 0 Å². The van der Waals surface area contributed by atoms with E-state index >= 15 is 0 Å². The zero-order valence-electron chi connectivity index (χ0n) is 12.7. The van der Waals surface area contributed by atoms with Gasteiger partial charge in [0.05, 0.1) is 0 Å². The standard InChI is InChI=1S/C18H20N2S.ClH/c1-14-7-2-5-10-17(14)21-13-15-8-3-4-9-16(15)18-19-11-6-12-20-18;/h2-5,7-10H,6,11-13H2,1H3,(H,19,20);1H. The van der Waals surface area contributed by atoms with Crippen LogP contribution in [0.5, 0.6) is 0 Å². The van der Waals surface area contributed by atoms with Crippen LogP contribution in [-0.2, 0) is 5.75 Å². The largest absolute Gasteiger partial charge is 0.370 e. The Morgan fingerprint density at radius 1 is 1.09 bits per heavy atom. The molecule has 0 fully saturated rings. The Hall–Kier alpha value is -1.45. The van der Waals surface area contributed by atoms with Crippen molar-refractivity contribution in [2.45, 2.75) is 24.0 Å². The molecule has 1 N–H and O–H groups in total. The number of nitrogens with zero attached hydrogens (tertiary/aromatic N) is 1. The predicted molar refractivity (Wildman–Crippen MR) is 98.5 cm³/mol. The Bertz CT molecular complexity index is 655. The van der Waals surface area contributed by atoms with Crippen LogP contribution in [-0.4, -0.2) is 18.9 Å². The van der Waals surface area contributed by atoms with E-state index in [-0.39, 0.29) is 12.4 Å². The highest BCUT2D eigenvalue weighted by molar-refractivity contribution is 7.98. The van der Waals surface area contributed by atoms with Gasteiger partial charge in [-0.15, -0.1) is 24.2 Å². The SMILES string of the molecule is Cc1ccccc1SCc1ccccc1C1=NCCCN1.Cl. The van der Waals surface area contributed by atoms with Crippen molar-refractivity contribution in [3.05, 3.63) is 65.2 Å². The lowest BCUT2D eigenvalue weighted by Gasteiger charge is -2.17. The number of hydrogen-bond donors (Lipinski definition) is 1. The lowest BCUT2D eigenvalue weighted by Crippen LogP contribution is -2.30. The first kappa shape index (κ1) is 16.9. The molecule has 0 radical (unpaired) electrons. The van der Waals surface area contributed by atoms with E-state index in [0.717, 1.165) is 31.1 Å². The molecule has 0 saturated carbocycles. The number of amidine groups is 1. The first-order valence-electron chi connectivity index (χ1n) is 7.39. The van der Waals surface area contributed by atoms with Crippen LogP contribution < -0.4 is 5.32 Å². The van der Waals surface area contributed by atoms with E-state index in [1.165, 1.54) is 21.6 Å². The topological polar surface area (TPSA) is 24.4 Å². The lowest BCUT2D eigenvalue weighted by molar-refractivity contribution is 0.742. The molecule has 4 heteroatoms. The van der Waals surface area contributed by atoms with E-state index in [1.54, 1.807) is 0 Å². The Morgan fingerprint density at radius 2 is 1.86 bits per heavy atom.